The highest BCUT2D eigenvalue weighted by Crippen LogP contribution is 2.31. The van der Waals surface area contributed by atoms with Gasteiger partial charge in [0, 0.05) is 18.3 Å². The summed E-state index contributed by atoms with van der Waals surface area (Å²) in [6, 6.07) is 7.21. The van der Waals surface area contributed by atoms with E-state index in [4.69, 9.17) is 9.84 Å². The third-order valence-electron chi connectivity index (χ3n) is 4.19. The van der Waals surface area contributed by atoms with Gasteiger partial charge < -0.3 is 14.7 Å². The zero-order chi connectivity index (χ0) is 19.6. The lowest BCUT2D eigenvalue weighted by atomic mass is 10.0. The highest BCUT2D eigenvalue weighted by atomic mass is 19.4. The second-order valence-corrected chi connectivity index (χ2v) is 5.97. The molecule has 0 saturated carbocycles. The molecule has 3 rings (SSSR count). The van der Waals surface area contributed by atoms with E-state index in [1.807, 2.05) is 0 Å². The lowest BCUT2D eigenvalue weighted by Crippen LogP contribution is -2.42. The first kappa shape index (κ1) is 18.8. The maximum atomic E-state index is 12.7. The SMILES string of the molecule is O=C(O)c1cc(C(=O)N2CCOC(c3ccc(C(F)(F)F)cc3)C2)ccn1. The van der Waals surface area contributed by atoms with Crippen LogP contribution in [-0.4, -0.2) is 46.6 Å². The molecule has 2 aromatic rings. The van der Waals surface area contributed by atoms with Crippen LogP contribution in [0.15, 0.2) is 42.6 Å². The Bertz CT molecular complexity index is 852. The number of morpholine rings is 1. The fourth-order valence-corrected chi connectivity index (χ4v) is 2.79. The highest BCUT2D eigenvalue weighted by molar-refractivity contribution is 5.96. The number of amides is 1. The van der Waals surface area contributed by atoms with Gasteiger partial charge in [0.2, 0.25) is 0 Å². The maximum absolute atomic E-state index is 12.7. The molecule has 1 aromatic carbocycles. The Morgan fingerprint density at radius 3 is 2.52 bits per heavy atom. The molecule has 142 valence electrons. The third-order valence-corrected chi connectivity index (χ3v) is 4.19. The molecule has 1 amide bonds. The molecule has 0 spiro atoms. The van der Waals surface area contributed by atoms with Crippen molar-refractivity contribution < 1.29 is 32.6 Å². The number of aromatic nitrogens is 1. The highest BCUT2D eigenvalue weighted by Gasteiger charge is 2.31. The molecular weight excluding hydrogens is 365 g/mol. The Balaban J connectivity index is 1.75. The first-order chi connectivity index (χ1) is 12.8. The minimum atomic E-state index is -4.42. The number of carbonyl (C=O) groups excluding carboxylic acids is 1. The van der Waals surface area contributed by atoms with Crippen LogP contribution in [0.2, 0.25) is 0 Å². The number of pyridine rings is 1. The van der Waals surface area contributed by atoms with Crippen molar-refractivity contribution in [1.29, 1.82) is 0 Å². The molecule has 27 heavy (non-hydrogen) atoms. The number of carbonyl (C=O) groups is 2. The van der Waals surface area contributed by atoms with Gasteiger partial charge in [-0.25, -0.2) is 9.78 Å². The van der Waals surface area contributed by atoms with Crippen molar-refractivity contribution >= 4 is 11.9 Å². The van der Waals surface area contributed by atoms with Crippen LogP contribution in [0.25, 0.3) is 0 Å². The van der Waals surface area contributed by atoms with E-state index in [0.717, 1.165) is 12.1 Å². The number of nitrogens with zero attached hydrogens (tertiary/aromatic N) is 2. The van der Waals surface area contributed by atoms with Crippen molar-refractivity contribution in [3.63, 3.8) is 0 Å². The van der Waals surface area contributed by atoms with Gasteiger partial charge in [0.15, 0.2) is 0 Å². The van der Waals surface area contributed by atoms with Crippen LogP contribution in [-0.2, 0) is 10.9 Å². The fourth-order valence-electron chi connectivity index (χ4n) is 2.79. The van der Waals surface area contributed by atoms with Gasteiger partial charge in [-0.1, -0.05) is 12.1 Å². The molecule has 1 aliphatic rings. The Labute approximate surface area is 152 Å². The van der Waals surface area contributed by atoms with Gasteiger partial charge in [-0.2, -0.15) is 13.2 Å². The average molecular weight is 380 g/mol. The summed E-state index contributed by atoms with van der Waals surface area (Å²) in [4.78, 5) is 28.8. The van der Waals surface area contributed by atoms with Crippen LogP contribution >= 0.6 is 0 Å². The lowest BCUT2D eigenvalue weighted by Gasteiger charge is -2.33. The van der Waals surface area contributed by atoms with Crippen molar-refractivity contribution in [2.75, 3.05) is 19.7 Å². The van der Waals surface area contributed by atoms with E-state index >= 15 is 0 Å². The zero-order valence-electron chi connectivity index (χ0n) is 13.9. The lowest BCUT2D eigenvalue weighted by molar-refractivity contribution is -0.137. The summed E-state index contributed by atoms with van der Waals surface area (Å²) in [5.74, 6) is -1.63. The van der Waals surface area contributed by atoms with Crippen molar-refractivity contribution in [3.8, 4) is 0 Å². The summed E-state index contributed by atoms with van der Waals surface area (Å²) in [5.41, 5.74) is -0.293. The van der Waals surface area contributed by atoms with Gasteiger partial charge in [-0.3, -0.25) is 4.79 Å². The minimum absolute atomic E-state index is 0.148. The van der Waals surface area contributed by atoms with Crippen LogP contribution in [0.1, 0.15) is 38.1 Å². The number of alkyl halides is 3. The summed E-state index contributed by atoms with van der Waals surface area (Å²) in [6.07, 6.45) is -3.74. The molecule has 0 bridgehead atoms. The van der Waals surface area contributed by atoms with E-state index in [9.17, 15) is 22.8 Å². The van der Waals surface area contributed by atoms with Crippen molar-refractivity contribution in [1.82, 2.24) is 9.88 Å². The summed E-state index contributed by atoms with van der Waals surface area (Å²) in [7, 11) is 0. The Morgan fingerprint density at radius 1 is 1.19 bits per heavy atom. The van der Waals surface area contributed by atoms with Crippen molar-refractivity contribution in [2.45, 2.75) is 12.3 Å². The van der Waals surface area contributed by atoms with E-state index < -0.39 is 23.8 Å². The van der Waals surface area contributed by atoms with Crippen molar-refractivity contribution in [3.05, 3.63) is 65.0 Å². The van der Waals surface area contributed by atoms with Gasteiger partial charge in [0.05, 0.1) is 18.7 Å². The molecule has 0 radical (unpaired) electrons. The van der Waals surface area contributed by atoms with Crippen LogP contribution in [0.3, 0.4) is 0 Å². The van der Waals surface area contributed by atoms with Crippen LogP contribution in [0.5, 0.6) is 0 Å². The maximum Gasteiger partial charge on any atom is 0.416 e. The number of aromatic carboxylic acids is 1. The number of rotatable bonds is 3. The van der Waals surface area contributed by atoms with E-state index in [2.05, 4.69) is 4.98 Å². The molecular formula is C18H15F3N2O4. The Morgan fingerprint density at radius 2 is 1.89 bits per heavy atom. The molecule has 1 saturated heterocycles. The normalized spacial score (nSPS) is 17.6. The van der Waals surface area contributed by atoms with Crippen LogP contribution < -0.4 is 0 Å². The average Bonchev–Trinajstić information content (AvgIpc) is 2.67. The number of carboxylic acid groups (broad SMARTS) is 1. The number of benzene rings is 1. The standard InChI is InChI=1S/C18H15F3N2O4/c19-18(20,21)13-3-1-11(2-4-13)15-10-23(7-8-27-15)16(24)12-5-6-22-14(9-12)17(25)26/h1-6,9,15H,7-8,10H2,(H,25,26). The van der Waals surface area contributed by atoms with E-state index in [-0.39, 0.29) is 30.3 Å². The van der Waals surface area contributed by atoms with Gasteiger partial charge in [0.1, 0.15) is 11.8 Å². The number of carboxylic acids is 1. The predicted octanol–water partition coefficient (Wildman–Crippen LogP) is 3.01. The molecule has 2 heterocycles. The molecule has 1 fully saturated rings. The number of hydrogen-bond acceptors (Lipinski definition) is 4. The van der Waals surface area contributed by atoms with Crippen LogP contribution in [0.4, 0.5) is 13.2 Å². The third kappa shape index (κ3) is 4.25. The second kappa shape index (κ2) is 7.36. The molecule has 1 aromatic heterocycles. The van der Waals surface area contributed by atoms with Gasteiger partial charge in [-0.15, -0.1) is 0 Å². The minimum Gasteiger partial charge on any atom is -0.477 e. The topological polar surface area (TPSA) is 79.7 Å². The van der Waals surface area contributed by atoms with Gasteiger partial charge in [-0.05, 0) is 29.8 Å². The smallest absolute Gasteiger partial charge is 0.416 e. The van der Waals surface area contributed by atoms with E-state index in [1.165, 1.54) is 35.4 Å². The number of ether oxygens (including phenoxy) is 1. The quantitative estimate of drug-likeness (QED) is 0.886. The monoisotopic (exact) mass is 380 g/mol. The van der Waals surface area contributed by atoms with E-state index in [1.54, 1.807) is 0 Å². The molecule has 1 atom stereocenters. The zero-order valence-corrected chi connectivity index (χ0v) is 13.9. The molecule has 9 heteroatoms. The first-order valence-corrected chi connectivity index (χ1v) is 8.03. The number of hydrogen-bond donors (Lipinski definition) is 1. The predicted molar refractivity (Wildman–Crippen MR) is 87.2 cm³/mol. The largest absolute Gasteiger partial charge is 0.477 e. The molecule has 0 aliphatic carbocycles. The first-order valence-electron chi connectivity index (χ1n) is 8.03. The summed E-state index contributed by atoms with van der Waals surface area (Å²) >= 11 is 0. The Hall–Kier alpha value is -2.94. The molecule has 6 nitrogen and oxygen atoms in total. The summed E-state index contributed by atoms with van der Waals surface area (Å²) < 4.78 is 43.6. The summed E-state index contributed by atoms with van der Waals surface area (Å²) in [5, 5.41) is 8.98. The molecule has 1 unspecified atom stereocenters. The second-order valence-electron chi connectivity index (χ2n) is 5.97. The van der Waals surface area contributed by atoms with Crippen molar-refractivity contribution in [2.24, 2.45) is 0 Å². The summed E-state index contributed by atoms with van der Waals surface area (Å²) in [6.45, 7) is 0.657. The van der Waals surface area contributed by atoms with E-state index in [0.29, 0.717) is 12.1 Å². The molecule has 1 N–H and O–H groups in total. The molecule has 1 aliphatic heterocycles. The van der Waals surface area contributed by atoms with Gasteiger partial charge in [0.25, 0.3) is 5.91 Å². The number of halogens is 3. The van der Waals surface area contributed by atoms with Crippen LogP contribution in [0, 0.1) is 0 Å². The van der Waals surface area contributed by atoms with Gasteiger partial charge >= 0.3 is 12.1 Å². The Kier molecular flexibility index (Phi) is 5.13. The fraction of sp³-hybridized carbons (Fsp3) is 0.278.